The molecule has 1 aromatic heterocycles. The molecule has 0 amide bonds. The molecule has 4 aliphatic carbocycles. The summed E-state index contributed by atoms with van der Waals surface area (Å²) in [5.41, 5.74) is 5.62. The number of pyridine rings is 1. The Balaban J connectivity index is 1.33. The van der Waals surface area contributed by atoms with Gasteiger partial charge >= 0.3 is 0 Å². The zero-order chi connectivity index (χ0) is 20.6. The summed E-state index contributed by atoms with van der Waals surface area (Å²) in [6.07, 6.45) is 14.2. The first-order valence-corrected chi connectivity index (χ1v) is 12.3. The lowest BCUT2D eigenvalue weighted by molar-refractivity contribution is -0.185. The summed E-state index contributed by atoms with van der Waals surface area (Å²) in [6, 6.07) is 4.45. The molecule has 6 unspecified atom stereocenters. The third kappa shape index (κ3) is 2.60. The highest BCUT2D eigenvalue weighted by atomic mass is 16.7. The van der Waals surface area contributed by atoms with Gasteiger partial charge in [0.05, 0.1) is 13.2 Å². The van der Waals surface area contributed by atoms with Crippen LogP contribution in [0.4, 0.5) is 0 Å². The van der Waals surface area contributed by atoms with Crippen molar-refractivity contribution in [3.63, 3.8) is 0 Å². The molecule has 0 bridgehead atoms. The van der Waals surface area contributed by atoms with Crippen LogP contribution in [0.1, 0.15) is 83.6 Å². The molecule has 6 rings (SSSR count). The van der Waals surface area contributed by atoms with Gasteiger partial charge < -0.3 is 9.47 Å². The molecule has 1 spiro atoms. The summed E-state index contributed by atoms with van der Waals surface area (Å²) in [6.45, 7) is 9.18. The van der Waals surface area contributed by atoms with Crippen LogP contribution in [0.3, 0.4) is 0 Å². The smallest absolute Gasteiger partial charge is 0.172 e. The fourth-order valence-electron chi connectivity index (χ4n) is 8.92. The number of hydrogen-bond acceptors (Lipinski definition) is 3. The van der Waals surface area contributed by atoms with Crippen LogP contribution in [-0.4, -0.2) is 24.0 Å². The molecule has 5 aliphatic rings. The van der Waals surface area contributed by atoms with Crippen LogP contribution >= 0.6 is 0 Å². The average molecular weight is 408 g/mol. The summed E-state index contributed by atoms with van der Waals surface area (Å²) in [5, 5.41) is 0. The Kier molecular flexibility index (Phi) is 4.32. The second-order valence-electron chi connectivity index (χ2n) is 11.5. The quantitative estimate of drug-likeness (QED) is 0.515. The first kappa shape index (κ1) is 19.5. The van der Waals surface area contributed by atoms with Gasteiger partial charge in [0.1, 0.15) is 0 Å². The highest BCUT2D eigenvalue weighted by Crippen LogP contribution is 2.69. The molecule has 6 atom stereocenters. The van der Waals surface area contributed by atoms with Crippen LogP contribution in [0.5, 0.6) is 0 Å². The maximum Gasteiger partial charge on any atom is 0.172 e. The fraction of sp³-hybridized carbons (Fsp3) is 0.741. The summed E-state index contributed by atoms with van der Waals surface area (Å²) >= 11 is 0. The molecule has 30 heavy (non-hydrogen) atoms. The first-order valence-electron chi connectivity index (χ1n) is 12.3. The van der Waals surface area contributed by atoms with Crippen molar-refractivity contribution < 1.29 is 9.47 Å². The Morgan fingerprint density at radius 2 is 1.83 bits per heavy atom. The predicted octanol–water partition coefficient (Wildman–Crippen LogP) is 6.26. The molecule has 1 saturated heterocycles. The summed E-state index contributed by atoms with van der Waals surface area (Å²) in [7, 11) is 0. The van der Waals surface area contributed by atoms with E-state index in [0.29, 0.717) is 16.7 Å². The second-order valence-corrected chi connectivity index (χ2v) is 11.5. The van der Waals surface area contributed by atoms with Gasteiger partial charge in [-0.05, 0) is 91.6 Å². The second kappa shape index (κ2) is 6.65. The Bertz CT molecular complexity index is 857. The molecule has 0 aromatic carbocycles. The number of ether oxygens (including phenoxy) is 2. The van der Waals surface area contributed by atoms with Gasteiger partial charge in [0.15, 0.2) is 5.79 Å². The lowest BCUT2D eigenvalue weighted by atomic mass is 9.46. The predicted molar refractivity (Wildman–Crippen MR) is 118 cm³/mol. The average Bonchev–Trinajstić information content (AvgIpc) is 3.35. The van der Waals surface area contributed by atoms with Crippen molar-refractivity contribution in [3.8, 4) is 0 Å². The van der Waals surface area contributed by atoms with Crippen LogP contribution in [0.15, 0.2) is 35.7 Å². The van der Waals surface area contributed by atoms with Gasteiger partial charge in [0.2, 0.25) is 0 Å². The normalized spacial score (nSPS) is 44.6. The van der Waals surface area contributed by atoms with E-state index < -0.39 is 0 Å². The highest BCUT2D eigenvalue weighted by molar-refractivity contribution is 5.32. The maximum absolute atomic E-state index is 6.15. The number of allylic oxidation sites excluding steroid dienone is 1. The summed E-state index contributed by atoms with van der Waals surface area (Å²) < 4.78 is 12.3. The molecular weight excluding hydrogens is 370 g/mol. The van der Waals surface area contributed by atoms with Gasteiger partial charge in [-0.1, -0.05) is 31.1 Å². The minimum absolute atomic E-state index is 0.301. The third-order valence-corrected chi connectivity index (χ3v) is 10.4. The summed E-state index contributed by atoms with van der Waals surface area (Å²) in [4.78, 5) is 4.46. The van der Waals surface area contributed by atoms with Crippen molar-refractivity contribution >= 4 is 0 Å². The minimum Gasteiger partial charge on any atom is -0.347 e. The maximum atomic E-state index is 6.15. The SMILES string of the molecule is CC1=C2CC3(CCC2(C)C2CCC4(C)C(c5cccnc5)CCC4C2C1)OCCO3. The van der Waals surface area contributed by atoms with E-state index in [-0.39, 0.29) is 5.79 Å². The fourth-order valence-corrected chi connectivity index (χ4v) is 8.92. The number of nitrogens with zero attached hydrogens (tertiary/aromatic N) is 1. The van der Waals surface area contributed by atoms with Crippen LogP contribution < -0.4 is 0 Å². The van der Waals surface area contributed by atoms with E-state index in [1.165, 1.54) is 44.1 Å². The molecule has 3 saturated carbocycles. The van der Waals surface area contributed by atoms with Crippen molar-refractivity contribution in [3.05, 3.63) is 41.2 Å². The minimum atomic E-state index is -0.301. The Hall–Kier alpha value is -1.19. The van der Waals surface area contributed by atoms with E-state index in [2.05, 4.69) is 44.1 Å². The Labute approximate surface area is 181 Å². The molecule has 3 heteroatoms. The zero-order valence-electron chi connectivity index (χ0n) is 19.0. The number of aromatic nitrogens is 1. The number of hydrogen-bond donors (Lipinski definition) is 0. The molecule has 0 N–H and O–H groups in total. The lowest BCUT2D eigenvalue weighted by Crippen LogP contribution is -2.52. The molecule has 0 radical (unpaired) electrons. The number of fused-ring (bicyclic) bond motifs is 5. The van der Waals surface area contributed by atoms with Crippen LogP contribution in [0.2, 0.25) is 0 Å². The van der Waals surface area contributed by atoms with Crippen LogP contribution in [-0.2, 0) is 9.47 Å². The zero-order valence-corrected chi connectivity index (χ0v) is 19.0. The van der Waals surface area contributed by atoms with Gasteiger partial charge in [0, 0.05) is 25.2 Å². The van der Waals surface area contributed by atoms with Gasteiger partial charge in [0.25, 0.3) is 0 Å². The van der Waals surface area contributed by atoms with E-state index in [0.717, 1.165) is 43.8 Å². The van der Waals surface area contributed by atoms with E-state index in [1.807, 2.05) is 6.20 Å². The molecule has 162 valence electrons. The van der Waals surface area contributed by atoms with Crippen LogP contribution in [0, 0.1) is 28.6 Å². The molecule has 1 aromatic rings. The van der Waals surface area contributed by atoms with Gasteiger partial charge in [-0.2, -0.15) is 0 Å². The van der Waals surface area contributed by atoms with Crippen molar-refractivity contribution in [1.82, 2.24) is 4.98 Å². The molecule has 1 aliphatic heterocycles. The van der Waals surface area contributed by atoms with Crippen LogP contribution in [0.25, 0.3) is 0 Å². The van der Waals surface area contributed by atoms with Crippen molar-refractivity contribution in [2.75, 3.05) is 13.2 Å². The largest absolute Gasteiger partial charge is 0.347 e. The molecular formula is C27H37NO2. The van der Waals surface area contributed by atoms with E-state index in [1.54, 1.807) is 11.1 Å². The van der Waals surface area contributed by atoms with Crippen molar-refractivity contribution in [2.45, 2.75) is 83.8 Å². The molecule has 3 nitrogen and oxygen atoms in total. The lowest BCUT2D eigenvalue weighted by Gasteiger charge is -2.60. The Morgan fingerprint density at radius 3 is 2.60 bits per heavy atom. The molecule has 4 fully saturated rings. The van der Waals surface area contributed by atoms with Crippen molar-refractivity contribution in [2.24, 2.45) is 28.6 Å². The van der Waals surface area contributed by atoms with Crippen molar-refractivity contribution in [1.29, 1.82) is 0 Å². The van der Waals surface area contributed by atoms with E-state index in [4.69, 9.17) is 9.47 Å². The Morgan fingerprint density at radius 1 is 1.00 bits per heavy atom. The first-order chi connectivity index (χ1) is 14.5. The summed E-state index contributed by atoms with van der Waals surface area (Å²) in [5.74, 6) is 2.92. The van der Waals surface area contributed by atoms with E-state index >= 15 is 0 Å². The van der Waals surface area contributed by atoms with Gasteiger partial charge in [-0.25, -0.2) is 0 Å². The van der Waals surface area contributed by atoms with Gasteiger partial charge in [-0.15, -0.1) is 0 Å². The van der Waals surface area contributed by atoms with E-state index in [9.17, 15) is 0 Å². The topological polar surface area (TPSA) is 31.4 Å². The third-order valence-electron chi connectivity index (χ3n) is 10.4. The standard InChI is InChI=1S/C27H37NO2/c1-18-15-20-22-7-6-21(19-5-4-12-28-17-19)25(22,2)9-8-23(20)26(3)10-11-27(16-24(18)26)29-13-14-30-27/h4-5,12,17,20-23H,6-11,13-16H2,1-3H3. The number of rotatable bonds is 1. The van der Waals surface area contributed by atoms with Gasteiger partial charge in [-0.3, -0.25) is 4.98 Å². The highest BCUT2D eigenvalue weighted by Gasteiger charge is 2.61. The molecule has 2 heterocycles. The monoisotopic (exact) mass is 407 g/mol.